The molecule has 0 bridgehead atoms. The average Bonchev–Trinajstić information content (AvgIpc) is 2.49. The quantitative estimate of drug-likeness (QED) is 0.784. The van der Waals surface area contributed by atoms with Crippen molar-refractivity contribution >= 4 is 0 Å². The van der Waals surface area contributed by atoms with E-state index in [0.29, 0.717) is 36.6 Å². The minimum absolute atomic E-state index is 0.534. The van der Waals surface area contributed by atoms with E-state index in [1.165, 1.54) is 6.07 Å². The number of nitrogens with one attached hydrogen (secondary N) is 2. The van der Waals surface area contributed by atoms with Gasteiger partial charge in [0.25, 0.3) is 0 Å². The number of aromatic nitrogens is 2. The second kappa shape index (κ2) is 6.78. The molecule has 0 atom stereocenters. The molecule has 0 saturated heterocycles. The molecule has 21 heavy (non-hydrogen) atoms. The van der Waals surface area contributed by atoms with Gasteiger partial charge >= 0.3 is 5.56 Å². The molecule has 1 heterocycles. The first-order valence-electron chi connectivity index (χ1n) is 6.74. The van der Waals surface area contributed by atoms with Gasteiger partial charge in [-0.15, -0.1) is 0 Å². The largest absolute Gasteiger partial charge is 0.493 e. The lowest BCUT2D eigenvalue weighted by atomic mass is 10.1. The molecule has 0 amide bonds. The maximum absolute atomic E-state index is 11.3. The molecule has 0 unspecified atom stereocenters. The van der Waals surface area contributed by atoms with Crippen LogP contribution in [-0.2, 0) is 12.8 Å². The van der Waals surface area contributed by atoms with E-state index in [-0.39, 0.29) is 0 Å². The lowest BCUT2D eigenvalue weighted by molar-refractivity contribution is 0.310. The van der Waals surface area contributed by atoms with Crippen LogP contribution in [0.3, 0.4) is 0 Å². The minimum atomic E-state index is -0.637. The predicted octanol–water partition coefficient (Wildman–Crippen LogP) is 1.26. The second-order valence-corrected chi connectivity index (χ2v) is 4.53. The van der Waals surface area contributed by atoms with Crippen LogP contribution in [0, 0.1) is 0 Å². The maximum Gasteiger partial charge on any atom is 0.310 e. The lowest BCUT2D eigenvalue weighted by Gasteiger charge is -2.11. The Morgan fingerprint density at radius 1 is 1.05 bits per heavy atom. The van der Waals surface area contributed by atoms with Gasteiger partial charge in [0.15, 0.2) is 11.5 Å². The first kappa shape index (κ1) is 14.9. The van der Waals surface area contributed by atoms with E-state index in [1.54, 1.807) is 7.11 Å². The Hall–Kier alpha value is -2.50. The number of rotatable bonds is 6. The molecule has 1 aromatic carbocycles. The van der Waals surface area contributed by atoms with Gasteiger partial charge in [0.05, 0.1) is 13.7 Å². The molecule has 2 rings (SSSR count). The third-order valence-corrected chi connectivity index (χ3v) is 3.08. The molecule has 1 aromatic heterocycles. The zero-order valence-electron chi connectivity index (χ0n) is 12.1. The highest BCUT2D eigenvalue weighted by atomic mass is 16.5. The lowest BCUT2D eigenvalue weighted by Crippen LogP contribution is -2.27. The van der Waals surface area contributed by atoms with Crippen LogP contribution in [-0.4, -0.2) is 23.9 Å². The number of H-pyrrole nitrogens is 2. The van der Waals surface area contributed by atoms with Crippen LogP contribution in [0.5, 0.6) is 11.5 Å². The molecule has 0 aliphatic rings. The molecule has 0 fully saturated rings. The van der Waals surface area contributed by atoms with Crippen molar-refractivity contribution in [3.05, 3.63) is 56.1 Å². The number of hydrogen-bond donors (Lipinski definition) is 2. The zero-order chi connectivity index (χ0) is 15.2. The fraction of sp³-hybridized carbons (Fsp3) is 0.333. The summed E-state index contributed by atoms with van der Waals surface area (Å²) in [6, 6.07) is 7.05. The zero-order valence-corrected chi connectivity index (χ0v) is 12.1. The molecule has 0 aliphatic carbocycles. The third kappa shape index (κ3) is 3.75. The van der Waals surface area contributed by atoms with Crippen molar-refractivity contribution < 1.29 is 9.47 Å². The van der Waals surface area contributed by atoms with Gasteiger partial charge < -0.3 is 14.6 Å². The van der Waals surface area contributed by atoms with Crippen molar-refractivity contribution in [2.75, 3.05) is 13.7 Å². The van der Waals surface area contributed by atoms with Gasteiger partial charge in [0.2, 0.25) is 5.43 Å². The van der Waals surface area contributed by atoms with Crippen molar-refractivity contribution in [1.82, 2.24) is 10.2 Å². The summed E-state index contributed by atoms with van der Waals surface area (Å²) in [6.07, 6.45) is 1.33. The van der Waals surface area contributed by atoms with Gasteiger partial charge in [-0.25, -0.2) is 0 Å². The Kier molecular flexibility index (Phi) is 4.81. The summed E-state index contributed by atoms with van der Waals surface area (Å²) in [5.74, 6) is 1.39. The average molecular weight is 290 g/mol. The van der Waals surface area contributed by atoms with Gasteiger partial charge in [-0.05, 0) is 37.5 Å². The Labute approximate surface area is 121 Å². The number of methoxy groups -OCH3 is 1. The van der Waals surface area contributed by atoms with Crippen molar-refractivity contribution in [3.8, 4) is 11.5 Å². The van der Waals surface area contributed by atoms with E-state index in [1.807, 2.05) is 25.1 Å². The number of hydrogen-bond acceptors (Lipinski definition) is 4. The van der Waals surface area contributed by atoms with Crippen LogP contribution in [0.4, 0.5) is 0 Å². The summed E-state index contributed by atoms with van der Waals surface area (Å²) in [4.78, 5) is 22.3. The van der Waals surface area contributed by atoms with Crippen LogP contribution < -0.4 is 20.5 Å². The molecular weight excluding hydrogens is 272 g/mol. The van der Waals surface area contributed by atoms with Crippen molar-refractivity contribution in [3.63, 3.8) is 0 Å². The Morgan fingerprint density at radius 3 is 2.52 bits per heavy atom. The summed E-state index contributed by atoms with van der Waals surface area (Å²) in [5.41, 5.74) is 0.579. The van der Waals surface area contributed by atoms with Gasteiger partial charge in [-0.3, -0.25) is 14.7 Å². The fourth-order valence-corrected chi connectivity index (χ4v) is 2.02. The van der Waals surface area contributed by atoms with Crippen LogP contribution in [0.2, 0.25) is 0 Å². The first-order chi connectivity index (χ1) is 10.1. The van der Waals surface area contributed by atoms with Crippen LogP contribution >= 0.6 is 0 Å². The third-order valence-electron chi connectivity index (χ3n) is 3.08. The van der Waals surface area contributed by atoms with E-state index in [0.717, 1.165) is 5.56 Å². The summed E-state index contributed by atoms with van der Waals surface area (Å²) >= 11 is 0. The standard InChI is InChI=1S/C15H18N2O4/c1-3-21-14-8-10(5-7-13(14)20-2)4-6-11-9-12(18)15(19)17-16-11/h5,7-9H,3-4,6H2,1-2H3,(H,16,18)(H,17,19). The minimum Gasteiger partial charge on any atom is -0.493 e. The Balaban J connectivity index is 2.12. The molecule has 0 spiro atoms. The summed E-state index contributed by atoms with van der Waals surface area (Å²) in [7, 11) is 1.60. The maximum atomic E-state index is 11.3. The molecule has 2 N–H and O–H groups in total. The highest BCUT2D eigenvalue weighted by molar-refractivity contribution is 5.43. The first-order valence-corrected chi connectivity index (χ1v) is 6.74. The van der Waals surface area contributed by atoms with E-state index in [2.05, 4.69) is 10.2 Å². The normalized spacial score (nSPS) is 10.4. The van der Waals surface area contributed by atoms with Crippen LogP contribution in [0.25, 0.3) is 0 Å². The van der Waals surface area contributed by atoms with Crippen molar-refractivity contribution in [1.29, 1.82) is 0 Å². The number of benzene rings is 1. The summed E-state index contributed by atoms with van der Waals surface area (Å²) in [6.45, 7) is 2.48. The van der Waals surface area contributed by atoms with E-state index in [4.69, 9.17) is 9.47 Å². The molecule has 2 aromatic rings. The molecule has 6 heteroatoms. The topological polar surface area (TPSA) is 84.2 Å². The summed E-state index contributed by atoms with van der Waals surface area (Å²) < 4.78 is 10.8. The monoisotopic (exact) mass is 290 g/mol. The van der Waals surface area contributed by atoms with E-state index in [9.17, 15) is 9.59 Å². The molecule has 6 nitrogen and oxygen atoms in total. The SMILES string of the molecule is CCOc1cc(CCc2cc(=O)c(=O)[nH][nH]2)ccc1OC. The Bertz CT molecular complexity index is 718. The summed E-state index contributed by atoms with van der Waals surface area (Å²) in [5, 5.41) is 5.03. The van der Waals surface area contributed by atoms with Gasteiger partial charge in [0, 0.05) is 11.8 Å². The van der Waals surface area contributed by atoms with Crippen molar-refractivity contribution in [2.45, 2.75) is 19.8 Å². The highest BCUT2D eigenvalue weighted by Gasteiger charge is 2.06. The smallest absolute Gasteiger partial charge is 0.310 e. The molecular formula is C15H18N2O4. The van der Waals surface area contributed by atoms with Gasteiger partial charge in [0.1, 0.15) is 0 Å². The van der Waals surface area contributed by atoms with Crippen molar-refractivity contribution in [2.24, 2.45) is 0 Å². The van der Waals surface area contributed by atoms with Gasteiger partial charge in [-0.1, -0.05) is 6.07 Å². The Morgan fingerprint density at radius 2 is 1.86 bits per heavy atom. The fourth-order valence-electron chi connectivity index (χ4n) is 2.02. The predicted molar refractivity (Wildman–Crippen MR) is 79.3 cm³/mol. The van der Waals surface area contributed by atoms with E-state index < -0.39 is 11.0 Å². The van der Waals surface area contributed by atoms with Crippen LogP contribution in [0.1, 0.15) is 18.2 Å². The van der Waals surface area contributed by atoms with E-state index >= 15 is 0 Å². The molecule has 0 aliphatic heterocycles. The highest BCUT2D eigenvalue weighted by Crippen LogP contribution is 2.28. The molecule has 0 radical (unpaired) electrons. The molecule has 112 valence electrons. The van der Waals surface area contributed by atoms with Crippen LogP contribution in [0.15, 0.2) is 33.9 Å². The second-order valence-electron chi connectivity index (χ2n) is 4.53. The number of ether oxygens (including phenoxy) is 2. The number of aromatic amines is 2. The number of aryl methyl sites for hydroxylation is 2. The van der Waals surface area contributed by atoms with Gasteiger partial charge in [-0.2, -0.15) is 0 Å². The molecule has 0 saturated carbocycles.